The molecule has 0 radical (unpaired) electrons. The maximum Gasteiger partial charge on any atom is 0.0681 e. The Labute approximate surface area is 128 Å². The Morgan fingerprint density at radius 1 is 1.19 bits per heavy atom. The van der Waals surface area contributed by atoms with Crippen LogP contribution in [0.1, 0.15) is 69.8 Å². The zero-order valence-corrected chi connectivity index (χ0v) is 13.4. The van der Waals surface area contributed by atoms with Crippen LogP contribution in [0.25, 0.3) is 0 Å². The third kappa shape index (κ3) is 3.50. The minimum Gasteiger partial charge on any atom is -0.390 e. The topological polar surface area (TPSA) is 38.0 Å². The lowest BCUT2D eigenvalue weighted by Gasteiger charge is -2.45. The second kappa shape index (κ2) is 6.51. The predicted octanol–water partition coefficient (Wildman–Crippen LogP) is 3.85. The lowest BCUT2D eigenvalue weighted by Crippen LogP contribution is -2.45. The van der Waals surface area contributed by atoms with Crippen LogP contribution in [0.4, 0.5) is 0 Å². The number of hydrogen-bond donors (Lipinski definition) is 1. The quantitative estimate of drug-likeness (QED) is 0.914. The molecule has 0 amide bonds. The van der Waals surface area contributed by atoms with Gasteiger partial charge in [-0.15, -0.1) is 0 Å². The summed E-state index contributed by atoms with van der Waals surface area (Å²) in [5.74, 6) is 1.32. The first-order valence-corrected chi connectivity index (χ1v) is 8.87. The van der Waals surface area contributed by atoms with Crippen molar-refractivity contribution in [2.24, 2.45) is 18.9 Å². The first-order chi connectivity index (χ1) is 10.2. The molecule has 1 heterocycles. The zero-order chi connectivity index (χ0) is 14.7. The van der Waals surface area contributed by atoms with E-state index in [1.165, 1.54) is 56.9 Å². The van der Waals surface area contributed by atoms with E-state index in [-0.39, 0.29) is 0 Å². The number of aromatic nitrogens is 2. The van der Waals surface area contributed by atoms with Crippen LogP contribution in [-0.2, 0) is 13.5 Å². The van der Waals surface area contributed by atoms with Crippen LogP contribution in [0, 0.1) is 11.8 Å². The molecule has 3 rings (SSSR count). The lowest BCUT2D eigenvalue weighted by atomic mass is 9.64. The Hall–Kier alpha value is -0.830. The van der Waals surface area contributed by atoms with Gasteiger partial charge in [-0.05, 0) is 43.1 Å². The number of aryl methyl sites for hydroxylation is 2. The summed E-state index contributed by atoms with van der Waals surface area (Å²) < 4.78 is 1.86. The first-order valence-electron chi connectivity index (χ1n) is 8.87. The molecule has 2 aliphatic carbocycles. The molecule has 3 heteroatoms. The average molecular weight is 290 g/mol. The molecule has 2 aliphatic rings. The third-order valence-electron chi connectivity index (χ3n) is 5.89. The minimum absolute atomic E-state index is 0.421. The van der Waals surface area contributed by atoms with Gasteiger partial charge < -0.3 is 5.11 Å². The van der Waals surface area contributed by atoms with Crippen molar-refractivity contribution in [2.75, 3.05) is 0 Å². The second-order valence-corrected chi connectivity index (χ2v) is 7.38. The number of hydrogen-bond acceptors (Lipinski definition) is 2. The minimum atomic E-state index is -0.421. The first kappa shape index (κ1) is 15.1. The fourth-order valence-electron chi connectivity index (χ4n) is 4.73. The van der Waals surface area contributed by atoms with Crippen molar-refractivity contribution in [3.63, 3.8) is 0 Å². The van der Waals surface area contributed by atoms with Gasteiger partial charge in [0.25, 0.3) is 0 Å². The molecule has 1 aromatic rings. The number of aliphatic hydroxyl groups is 1. The summed E-state index contributed by atoms with van der Waals surface area (Å²) in [7, 11) is 1.96. The summed E-state index contributed by atoms with van der Waals surface area (Å²) in [6, 6.07) is 0. The van der Waals surface area contributed by atoms with Gasteiger partial charge in [0.05, 0.1) is 11.8 Å². The van der Waals surface area contributed by atoms with Gasteiger partial charge in [0.1, 0.15) is 0 Å². The molecule has 1 aromatic heterocycles. The molecule has 0 bridgehead atoms. The molecule has 2 saturated carbocycles. The van der Waals surface area contributed by atoms with E-state index in [1.807, 2.05) is 17.9 Å². The molecule has 3 nitrogen and oxygen atoms in total. The predicted molar refractivity (Wildman–Crippen MR) is 85.0 cm³/mol. The van der Waals surface area contributed by atoms with E-state index in [1.54, 1.807) is 0 Å². The van der Waals surface area contributed by atoms with E-state index in [2.05, 4.69) is 11.3 Å². The molecule has 2 atom stereocenters. The van der Waals surface area contributed by atoms with Crippen LogP contribution >= 0.6 is 0 Å². The molecule has 21 heavy (non-hydrogen) atoms. The van der Waals surface area contributed by atoms with Gasteiger partial charge >= 0.3 is 0 Å². The lowest BCUT2D eigenvalue weighted by molar-refractivity contribution is -0.0826. The molecular formula is C18H30N2O. The summed E-state index contributed by atoms with van der Waals surface area (Å²) >= 11 is 0. The van der Waals surface area contributed by atoms with Gasteiger partial charge in [-0.1, -0.05) is 44.9 Å². The summed E-state index contributed by atoms with van der Waals surface area (Å²) in [4.78, 5) is 0. The maximum absolute atomic E-state index is 11.3. The van der Waals surface area contributed by atoms with Gasteiger partial charge in [0, 0.05) is 13.2 Å². The SMILES string of the molecule is Cn1cc(CCC2(O)CCCCC2C2CCCCC2)cn1. The van der Waals surface area contributed by atoms with Crippen molar-refractivity contribution in [3.05, 3.63) is 18.0 Å². The van der Waals surface area contributed by atoms with Crippen LogP contribution in [0.5, 0.6) is 0 Å². The van der Waals surface area contributed by atoms with Crippen LogP contribution in [0.3, 0.4) is 0 Å². The summed E-state index contributed by atoms with van der Waals surface area (Å²) in [6.07, 6.45) is 17.5. The van der Waals surface area contributed by atoms with E-state index in [0.29, 0.717) is 5.92 Å². The van der Waals surface area contributed by atoms with Crippen molar-refractivity contribution in [1.82, 2.24) is 9.78 Å². The Balaban J connectivity index is 1.65. The largest absolute Gasteiger partial charge is 0.390 e. The zero-order valence-electron chi connectivity index (χ0n) is 13.4. The van der Waals surface area contributed by atoms with E-state index >= 15 is 0 Å². The Bertz CT molecular complexity index is 450. The number of nitrogens with zero attached hydrogens (tertiary/aromatic N) is 2. The smallest absolute Gasteiger partial charge is 0.0681 e. The summed E-state index contributed by atoms with van der Waals surface area (Å²) in [6.45, 7) is 0. The normalized spacial score (nSPS) is 31.4. The van der Waals surface area contributed by atoms with Crippen molar-refractivity contribution in [1.29, 1.82) is 0 Å². The van der Waals surface area contributed by atoms with Crippen LogP contribution in [-0.4, -0.2) is 20.5 Å². The highest BCUT2D eigenvalue weighted by Crippen LogP contribution is 2.45. The summed E-state index contributed by atoms with van der Waals surface area (Å²) in [5.41, 5.74) is 0.842. The van der Waals surface area contributed by atoms with Gasteiger partial charge in [-0.2, -0.15) is 5.10 Å². The molecule has 0 aliphatic heterocycles. The summed E-state index contributed by atoms with van der Waals surface area (Å²) in [5, 5.41) is 15.6. The fraction of sp³-hybridized carbons (Fsp3) is 0.833. The van der Waals surface area contributed by atoms with Gasteiger partial charge in [0.2, 0.25) is 0 Å². The maximum atomic E-state index is 11.3. The van der Waals surface area contributed by atoms with E-state index in [4.69, 9.17) is 0 Å². The standard InChI is InChI=1S/C18H30N2O/c1-20-14-15(13-19-20)10-12-18(21)11-6-5-9-17(18)16-7-3-2-4-8-16/h13-14,16-17,21H,2-12H2,1H3. The number of rotatable bonds is 4. The molecule has 1 N–H and O–H groups in total. The van der Waals surface area contributed by atoms with E-state index in [0.717, 1.165) is 25.2 Å². The van der Waals surface area contributed by atoms with Crippen molar-refractivity contribution < 1.29 is 5.11 Å². The van der Waals surface area contributed by atoms with E-state index in [9.17, 15) is 5.11 Å². The Morgan fingerprint density at radius 3 is 2.67 bits per heavy atom. The van der Waals surface area contributed by atoms with E-state index < -0.39 is 5.60 Å². The van der Waals surface area contributed by atoms with Gasteiger partial charge in [-0.25, -0.2) is 0 Å². The van der Waals surface area contributed by atoms with Crippen LogP contribution in [0.15, 0.2) is 12.4 Å². The highest BCUT2D eigenvalue weighted by Gasteiger charge is 2.42. The fourth-order valence-corrected chi connectivity index (χ4v) is 4.73. The monoisotopic (exact) mass is 290 g/mol. The van der Waals surface area contributed by atoms with Crippen molar-refractivity contribution in [3.8, 4) is 0 Å². The molecular weight excluding hydrogens is 260 g/mol. The van der Waals surface area contributed by atoms with Gasteiger partial charge in [0.15, 0.2) is 0 Å². The molecule has 2 unspecified atom stereocenters. The van der Waals surface area contributed by atoms with Crippen LogP contribution < -0.4 is 0 Å². The average Bonchev–Trinajstić information content (AvgIpc) is 2.92. The van der Waals surface area contributed by atoms with Crippen LogP contribution in [0.2, 0.25) is 0 Å². The molecule has 0 saturated heterocycles. The van der Waals surface area contributed by atoms with Crippen molar-refractivity contribution >= 4 is 0 Å². The molecule has 0 aromatic carbocycles. The Kier molecular flexibility index (Phi) is 4.68. The molecule has 0 spiro atoms. The highest BCUT2D eigenvalue weighted by atomic mass is 16.3. The Morgan fingerprint density at radius 2 is 1.95 bits per heavy atom. The molecule has 118 valence electrons. The highest BCUT2D eigenvalue weighted by molar-refractivity contribution is 5.06. The van der Waals surface area contributed by atoms with Gasteiger partial charge in [-0.3, -0.25) is 4.68 Å². The second-order valence-electron chi connectivity index (χ2n) is 7.38. The molecule has 2 fully saturated rings. The van der Waals surface area contributed by atoms with Crippen molar-refractivity contribution in [2.45, 2.75) is 76.2 Å². The third-order valence-corrected chi connectivity index (χ3v) is 5.89.